The van der Waals surface area contributed by atoms with Gasteiger partial charge in [0.2, 0.25) is 0 Å². The summed E-state index contributed by atoms with van der Waals surface area (Å²) in [6.45, 7) is 6.82. The third-order valence-electron chi connectivity index (χ3n) is 11.6. The third kappa shape index (κ3) is 6.15. The first-order valence-electron chi connectivity index (χ1n) is 20.2. The molecule has 9 aromatic carbocycles. The first-order valence-corrected chi connectivity index (χ1v) is 20.2. The Morgan fingerprint density at radius 3 is 1.67 bits per heavy atom. The predicted octanol–water partition coefficient (Wildman–Crippen LogP) is 15.7. The first kappa shape index (κ1) is 35.3. The molecule has 10 aromatic rings. The average molecular weight is 745 g/mol. The fraction of sp³-hybridized carbons (Fsp3) is 0.0714. The molecule has 0 aliphatic carbocycles. The van der Waals surface area contributed by atoms with Crippen molar-refractivity contribution in [1.82, 2.24) is 4.57 Å². The van der Waals surface area contributed by atoms with E-state index in [9.17, 15) is 0 Å². The van der Waals surface area contributed by atoms with Gasteiger partial charge in [-0.2, -0.15) is 0 Å². The van der Waals surface area contributed by atoms with Crippen molar-refractivity contribution in [1.29, 1.82) is 0 Å². The molecular weight excluding hydrogens is 701 g/mol. The van der Waals surface area contributed by atoms with E-state index in [2.05, 4.69) is 243 Å². The molecule has 0 spiro atoms. The lowest BCUT2D eigenvalue weighted by Gasteiger charge is -2.30. The highest BCUT2D eigenvalue weighted by molar-refractivity contribution is 6.12. The quantitative estimate of drug-likeness (QED) is 0.158. The van der Waals surface area contributed by atoms with Crippen molar-refractivity contribution in [3.8, 4) is 39.1 Å². The van der Waals surface area contributed by atoms with Gasteiger partial charge in [-0.15, -0.1) is 0 Å². The molecule has 10 rings (SSSR count). The Morgan fingerprint density at radius 2 is 0.948 bits per heavy atom. The molecule has 0 amide bonds. The van der Waals surface area contributed by atoms with Crippen LogP contribution in [0.15, 0.2) is 212 Å². The molecule has 2 nitrogen and oxygen atoms in total. The Bertz CT molecular complexity index is 3070. The second-order valence-corrected chi connectivity index (χ2v) is 16.2. The molecule has 58 heavy (non-hydrogen) atoms. The zero-order valence-corrected chi connectivity index (χ0v) is 33.1. The predicted molar refractivity (Wildman–Crippen MR) is 248 cm³/mol. The molecule has 1 heterocycles. The molecule has 0 aliphatic rings. The van der Waals surface area contributed by atoms with Gasteiger partial charge in [-0.25, -0.2) is 0 Å². The standard InChI is InChI=1S/C56H44N2/c1-56(2,3)42-34-32-40(33-35-42)45-24-10-13-29-51(45)58(44-36-37-49-47-25-11-14-30-52(47)57(54(49)38-44)43-22-8-5-9-23-43)53-31-15-12-26-48(53)50-28-17-21-41-20-16-27-46(55(41)50)39-18-6-4-7-19-39/h4-38H,1-3H3. The van der Waals surface area contributed by atoms with Crippen LogP contribution in [0.3, 0.4) is 0 Å². The third-order valence-corrected chi connectivity index (χ3v) is 11.6. The van der Waals surface area contributed by atoms with Gasteiger partial charge in [-0.1, -0.05) is 191 Å². The minimum Gasteiger partial charge on any atom is -0.309 e. The molecule has 0 unspecified atom stereocenters. The van der Waals surface area contributed by atoms with Gasteiger partial charge in [0, 0.05) is 33.3 Å². The number of nitrogens with zero attached hydrogens (tertiary/aromatic N) is 2. The van der Waals surface area contributed by atoms with Crippen LogP contribution in [-0.2, 0) is 5.41 Å². The summed E-state index contributed by atoms with van der Waals surface area (Å²) in [7, 11) is 0. The summed E-state index contributed by atoms with van der Waals surface area (Å²) < 4.78 is 2.41. The Morgan fingerprint density at radius 1 is 0.397 bits per heavy atom. The number of hydrogen-bond donors (Lipinski definition) is 0. The van der Waals surface area contributed by atoms with Gasteiger partial charge in [0.25, 0.3) is 0 Å². The van der Waals surface area contributed by atoms with E-state index in [1.54, 1.807) is 0 Å². The fourth-order valence-corrected chi connectivity index (χ4v) is 8.74. The molecule has 278 valence electrons. The maximum atomic E-state index is 2.48. The second-order valence-electron chi connectivity index (χ2n) is 16.2. The Labute approximate surface area is 340 Å². The van der Waals surface area contributed by atoms with Crippen molar-refractivity contribution in [2.24, 2.45) is 0 Å². The van der Waals surface area contributed by atoms with E-state index in [0.29, 0.717) is 0 Å². The highest BCUT2D eigenvalue weighted by atomic mass is 15.1. The fourth-order valence-electron chi connectivity index (χ4n) is 8.74. The summed E-state index contributed by atoms with van der Waals surface area (Å²) in [5.41, 5.74) is 15.3. The Kier molecular flexibility index (Phi) is 8.76. The van der Waals surface area contributed by atoms with Crippen LogP contribution >= 0.6 is 0 Å². The highest BCUT2D eigenvalue weighted by Gasteiger charge is 2.24. The van der Waals surface area contributed by atoms with Crippen LogP contribution in [0, 0.1) is 0 Å². The van der Waals surface area contributed by atoms with E-state index >= 15 is 0 Å². The normalized spacial score (nSPS) is 11.7. The minimum atomic E-state index is 0.0622. The van der Waals surface area contributed by atoms with Gasteiger partial charge in [0.1, 0.15) is 0 Å². The number of para-hydroxylation sites is 4. The van der Waals surface area contributed by atoms with Gasteiger partial charge >= 0.3 is 0 Å². The number of rotatable bonds is 7. The Balaban J connectivity index is 1.26. The molecule has 0 saturated carbocycles. The molecule has 0 atom stereocenters. The smallest absolute Gasteiger partial charge is 0.0561 e. The molecule has 2 heteroatoms. The van der Waals surface area contributed by atoms with Gasteiger partial charge in [-0.05, 0) is 86.5 Å². The lowest BCUT2D eigenvalue weighted by molar-refractivity contribution is 0.590. The van der Waals surface area contributed by atoms with Crippen LogP contribution in [0.25, 0.3) is 71.6 Å². The maximum Gasteiger partial charge on any atom is 0.0561 e. The second kappa shape index (κ2) is 14.4. The van der Waals surface area contributed by atoms with E-state index in [0.717, 1.165) is 33.8 Å². The largest absolute Gasteiger partial charge is 0.309 e. The summed E-state index contributed by atoms with van der Waals surface area (Å²) >= 11 is 0. The molecule has 1 aromatic heterocycles. The van der Waals surface area contributed by atoms with Crippen molar-refractivity contribution in [3.05, 3.63) is 218 Å². The SMILES string of the molecule is CC(C)(C)c1ccc(-c2ccccc2N(c2ccc3c4ccccc4n(-c4ccccc4)c3c2)c2ccccc2-c2cccc3cccc(-c4ccccc4)c23)cc1. The number of fused-ring (bicyclic) bond motifs is 4. The topological polar surface area (TPSA) is 8.17 Å². The molecule has 0 N–H and O–H groups in total. The van der Waals surface area contributed by atoms with E-state index in [1.807, 2.05) is 0 Å². The number of anilines is 3. The molecule has 0 fully saturated rings. The number of hydrogen-bond acceptors (Lipinski definition) is 1. The lowest BCUT2D eigenvalue weighted by Crippen LogP contribution is -2.13. The zero-order chi connectivity index (χ0) is 39.2. The van der Waals surface area contributed by atoms with Crippen LogP contribution in [0.4, 0.5) is 17.1 Å². The summed E-state index contributed by atoms with van der Waals surface area (Å²) in [5.74, 6) is 0. The van der Waals surface area contributed by atoms with E-state index in [1.165, 1.54) is 60.4 Å². The van der Waals surface area contributed by atoms with Crippen LogP contribution in [0.1, 0.15) is 26.3 Å². The number of benzene rings is 9. The molecule has 0 saturated heterocycles. The summed E-state index contributed by atoms with van der Waals surface area (Å²) in [5, 5.41) is 4.93. The van der Waals surface area contributed by atoms with E-state index < -0.39 is 0 Å². The summed E-state index contributed by atoms with van der Waals surface area (Å²) in [4.78, 5) is 2.48. The summed E-state index contributed by atoms with van der Waals surface area (Å²) in [6.07, 6.45) is 0. The van der Waals surface area contributed by atoms with E-state index in [4.69, 9.17) is 0 Å². The number of aromatic nitrogens is 1. The monoisotopic (exact) mass is 744 g/mol. The van der Waals surface area contributed by atoms with Gasteiger partial charge < -0.3 is 9.47 Å². The van der Waals surface area contributed by atoms with Gasteiger partial charge in [0.15, 0.2) is 0 Å². The van der Waals surface area contributed by atoms with Crippen molar-refractivity contribution in [2.45, 2.75) is 26.2 Å². The molecular formula is C56H44N2. The highest BCUT2D eigenvalue weighted by Crippen LogP contribution is 2.48. The van der Waals surface area contributed by atoms with Gasteiger partial charge in [-0.3, -0.25) is 0 Å². The van der Waals surface area contributed by atoms with E-state index in [-0.39, 0.29) is 5.41 Å². The molecule has 0 aliphatic heterocycles. The zero-order valence-electron chi connectivity index (χ0n) is 33.1. The summed E-state index contributed by atoms with van der Waals surface area (Å²) in [6, 6.07) is 77.6. The first-order chi connectivity index (χ1) is 28.4. The molecule has 0 radical (unpaired) electrons. The average Bonchev–Trinajstić information content (AvgIpc) is 3.60. The van der Waals surface area contributed by atoms with Crippen LogP contribution < -0.4 is 4.90 Å². The van der Waals surface area contributed by atoms with Gasteiger partial charge in [0.05, 0.1) is 22.4 Å². The maximum absolute atomic E-state index is 2.48. The minimum absolute atomic E-state index is 0.0622. The van der Waals surface area contributed by atoms with Crippen molar-refractivity contribution in [3.63, 3.8) is 0 Å². The van der Waals surface area contributed by atoms with Crippen LogP contribution in [0.5, 0.6) is 0 Å². The lowest BCUT2D eigenvalue weighted by atomic mass is 9.86. The molecule has 0 bridgehead atoms. The van der Waals surface area contributed by atoms with Crippen molar-refractivity contribution < 1.29 is 0 Å². The van der Waals surface area contributed by atoms with Crippen LogP contribution in [0.2, 0.25) is 0 Å². The van der Waals surface area contributed by atoms with Crippen molar-refractivity contribution in [2.75, 3.05) is 4.90 Å². The van der Waals surface area contributed by atoms with Crippen molar-refractivity contribution >= 4 is 49.6 Å². The Hall–Kier alpha value is -7.16. The van der Waals surface area contributed by atoms with Crippen LogP contribution in [-0.4, -0.2) is 4.57 Å².